The summed E-state index contributed by atoms with van der Waals surface area (Å²) in [5.74, 6) is 1.28. The van der Waals surface area contributed by atoms with Crippen molar-refractivity contribution in [1.82, 2.24) is 0 Å². The Kier molecular flexibility index (Phi) is 5.29. The molecule has 0 aliphatic carbocycles. The van der Waals surface area contributed by atoms with Crippen LogP contribution in [0.15, 0.2) is 12.1 Å². The van der Waals surface area contributed by atoms with Crippen LogP contribution in [-0.4, -0.2) is 19.5 Å². The van der Waals surface area contributed by atoms with Gasteiger partial charge in [0.05, 0.1) is 13.2 Å². The Balaban J connectivity index is 3.15. The van der Waals surface area contributed by atoms with Crippen LogP contribution in [0.1, 0.15) is 25.8 Å². The fourth-order valence-electron chi connectivity index (χ4n) is 1.54. The van der Waals surface area contributed by atoms with Crippen LogP contribution in [0.2, 0.25) is 5.02 Å². The maximum Gasteiger partial charge on any atom is 0.166 e. The summed E-state index contributed by atoms with van der Waals surface area (Å²) in [5.41, 5.74) is 0.826. The van der Waals surface area contributed by atoms with Crippen LogP contribution in [0.3, 0.4) is 0 Å². The summed E-state index contributed by atoms with van der Waals surface area (Å²) < 4.78 is 11.0. The van der Waals surface area contributed by atoms with Crippen LogP contribution in [0, 0.1) is 0 Å². The maximum absolute atomic E-state index is 10.5. The molecule has 0 radical (unpaired) electrons. The molecule has 0 spiro atoms. The van der Waals surface area contributed by atoms with Gasteiger partial charge in [0.1, 0.15) is 6.29 Å². The molecule has 0 aromatic heterocycles. The van der Waals surface area contributed by atoms with Crippen LogP contribution >= 0.6 is 11.6 Å². The second kappa shape index (κ2) is 6.50. The van der Waals surface area contributed by atoms with E-state index in [4.69, 9.17) is 21.1 Å². The van der Waals surface area contributed by atoms with Gasteiger partial charge in [-0.15, -0.1) is 0 Å². The van der Waals surface area contributed by atoms with Gasteiger partial charge in [0, 0.05) is 17.0 Å². The zero-order valence-electron chi connectivity index (χ0n) is 10.3. The van der Waals surface area contributed by atoms with Crippen LogP contribution in [0.4, 0.5) is 0 Å². The minimum atomic E-state index is 0.0253. The zero-order chi connectivity index (χ0) is 12.8. The first-order chi connectivity index (χ1) is 8.10. The summed E-state index contributed by atoms with van der Waals surface area (Å²) in [6.45, 7) is 3.87. The van der Waals surface area contributed by atoms with E-state index in [1.165, 1.54) is 0 Å². The summed E-state index contributed by atoms with van der Waals surface area (Å²) >= 11 is 6.13. The Morgan fingerprint density at radius 1 is 1.41 bits per heavy atom. The minimum absolute atomic E-state index is 0.0253. The lowest BCUT2D eigenvalue weighted by Gasteiger charge is -2.18. The number of carbonyl (C=O) groups is 1. The van der Waals surface area contributed by atoms with E-state index in [0.29, 0.717) is 29.4 Å². The van der Waals surface area contributed by atoms with E-state index in [0.717, 1.165) is 11.8 Å². The average molecular weight is 257 g/mol. The Morgan fingerprint density at radius 3 is 2.65 bits per heavy atom. The number of hydrogen-bond donors (Lipinski definition) is 0. The average Bonchev–Trinajstić information content (AvgIpc) is 2.28. The topological polar surface area (TPSA) is 35.5 Å². The molecule has 0 atom stereocenters. The van der Waals surface area contributed by atoms with Crippen molar-refractivity contribution in [2.24, 2.45) is 0 Å². The van der Waals surface area contributed by atoms with E-state index in [1.807, 2.05) is 13.8 Å². The number of ether oxygens (including phenoxy) is 2. The molecule has 4 heteroatoms. The van der Waals surface area contributed by atoms with E-state index in [1.54, 1.807) is 19.2 Å². The van der Waals surface area contributed by atoms with Gasteiger partial charge in [0.15, 0.2) is 11.5 Å². The van der Waals surface area contributed by atoms with Crippen molar-refractivity contribution in [2.45, 2.75) is 32.8 Å². The number of rotatable bonds is 6. The highest BCUT2D eigenvalue weighted by atomic mass is 35.5. The second-order valence-corrected chi connectivity index (χ2v) is 4.34. The van der Waals surface area contributed by atoms with Gasteiger partial charge in [-0.1, -0.05) is 11.6 Å². The number of halogens is 1. The lowest BCUT2D eigenvalue weighted by molar-refractivity contribution is -0.107. The van der Waals surface area contributed by atoms with Crippen molar-refractivity contribution in [3.8, 4) is 11.5 Å². The zero-order valence-corrected chi connectivity index (χ0v) is 11.1. The highest BCUT2D eigenvalue weighted by Gasteiger charge is 2.15. The van der Waals surface area contributed by atoms with Crippen molar-refractivity contribution >= 4 is 17.9 Å². The van der Waals surface area contributed by atoms with Crippen molar-refractivity contribution < 1.29 is 14.3 Å². The van der Waals surface area contributed by atoms with Crippen molar-refractivity contribution in [1.29, 1.82) is 0 Å². The molecule has 17 heavy (non-hydrogen) atoms. The molecule has 0 saturated heterocycles. The molecule has 0 bridgehead atoms. The quantitative estimate of drug-likeness (QED) is 0.733. The van der Waals surface area contributed by atoms with Gasteiger partial charge in [-0.05, 0) is 32.4 Å². The summed E-state index contributed by atoms with van der Waals surface area (Å²) in [5, 5.41) is 0.600. The minimum Gasteiger partial charge on any atom is -0.493 e. The third-order valence-corrected chi connectivity index (χ3v) is 2.61. The van der Waals surface area contributed by atoms with Crippen molar-refractivity contribution in [3.63, 3.8) is 0 Å². The molecule has 0 saturated carbocycles. The molecule has 94 valence electrons. The number of aldehydes is 1. The molecule has 1 rings (SSSR count). The van der Waals surface area contributed by atoms with Gasteiger partial charge in [-0.25, -0.2) is 0 Å². The van der Waals surface area contributed by atoms with Gasteiger partial charge in [0.25, 0.3) is 0 Å². The molecular formula is C13H17ClO3. The normalized spacial score (nSPS) is 10.4. The monoisotopic (exact) mass is 256 g/mol. The molecule has 0 heterocycles. The van der Waals surface area contributed by atoms with Crippen LogP contribution in [-0.2, 0) is 11.2 Å². The molecule has 0 aliphatic rings. The fraction of sp³-hybridized carbons (Fsp3) is 0.462. The molecule has 3 nitrogen and oxygen atoms in total. The standard InChI is InChI=1S/C13H17ClO3/c1-9(2)17-13-10(5-4-8-15)11(14)6-7-12(13)16-3/h6-9H,4-5H2,1-3H3. The highest BCUT2D eigenvalue weighted by Crippen LogP contribution is 2.37. The van der Waals surface area contributed by atoms with Gasteiger partial charge in [-0.2, -0.15) is 0 Å². The fourth-order valence-corrected chi connectivity index (χ4v) is 1.79. The molecule has 0 N–H and O–H groups in total. The molecule has 0 fully saturated rings. The summed E-state index contributed by atoms with van der Waals surface area (Å²) in [6, 6.07) is 3.53. The molecular weight excluding hydrogens is 240 g/mol. The molecule has 1 aromatic rings. The number of carbonyl (C=O) groups excluding carboxylic acids is 1. The van der Waals surface area contributed by atoms with Gasteiger partial charge in [0.2, 0.25) is 0 Å². The van der Waals surface area contributed by atoms with Crippen molar-refractivity contribution in [3.05, 3.63) is 22.7 Å². The summed E-state index contributed by atoms with van der Waals surface area (Å²) in [4.78, 5) is 10.5. The third kappa shape index (κ3) is 3.63. The highest BCUT2D eigenvalue weighted by molar-refractivity contribution is 6.31. The van der Waals surface area contributed by atoms with Crippen LogP contribution in [0.25, 0.3) is 0 Å². The maximum atomic E-state index is 10.5. The predicted molar refractivity (Wildman–Crippen MR) is 68.2 cm³/mol. The van der Waals surface area contributed by atoms with E-state index in [-0.39, 0.29) is 6.10 Å². The lowest BCUT2D eigenvalue weighted by Crippen LogP contribution is -2.09. The van der Waals surface area contributed by atoms with E-state index in [9.17, 15) is 4.79 Å². The Morgan fingerprint density at radius 2 is 2.12 bits per heavy atom. The van der Waals surface area contributed by atoms with E-state index in [2.05, 4.69) is 0 Å². The largest absolute Gasteiger partial charge is 0.493 e. The third-order valence-electron chi connectivity index (χ3n) is 2.25. The smallest absolute Gasteiger partial charge is 0.166 e. The Labute approximate surface area is 107 Å². The van der Waals surface area contributed by atoms with E-state index >= 15 is 0 Å². The van der Waals surface area contributed by atoms with Crippen molar-refractivity contribution in [2.75, 3.05) is 7.11 Å². The molecule has 1 aromatic carbocycles. The number of methoxy groups -OCH3 is 1. The summed E-state index contributed by atoms with van der Waals surface area (Å²) in [6.07, 6.45) is 1.87. The van der Waals surface area contributed by atoms with Gasteiger partial charge in [-0.3, -0.25) is 0 Å². The van der Waals surface area contributed by atoms with Crippen LogP contribution in [0.5, 0.6) is 11.5 Å². The molecule has 0 amide bonds. The predicted octanol–water partition coefficient (Wildman–Crippen LogP) is 3.27. The van der Waals surface area contributed by atoms with Gasteiger partial charge >= 0.3 is 0 Å². The second-order valence-electron chi connectivity index (χ2n) is 3.93. The first-order valence-corrected chi connectivity index (χ1v) is 5.93. The first-order valence-electron chi connectivity index (χ1n) is 5.55. The Hall–Kier alpha value is -1.22. The molecule has 0 aliphatic heterocycles. The lowest BCUT2D eigenvalue weighted by atomic mass is 10.1. The Bertz CT molecular complexity index is 388. The number of hydrogen-bond acceptors (Lipinski definition) is 3. The number of benzene rings is 1. The van der Waals surface area contributed by atoms with Gasteiger partial charge < -0.3 is 14.3 Å². The van der Waals surface area contributed by atoms with Crippen LogP contribution < -0.4 is 9.47 Å². The first kappa shape index (κ1) is 13.8. The SMILES string of the molecule is COc1ccc(Cl)c(CCC=O)c1OC(C)C. The summed E-state index contributed by atoms with van der Waals surface area (Å²) in [7, 11) is 1.58. The van der Waals surface area contributed by atoms with E-state index < -0.39 is 0 Å². The molecule has 0 unspecified atom stereocenters.